The molecule has 0 spiro atoms. The average molecular weight is 135 g/mol. The zero-order chi connectivity index (χ0) is 6.55. The number of allylic oxidation sites excluding steroid dienone is 1. The molecule has 0 aromatic carbocycles. The molecular weight excluding hydrogens is 124 g/mol. The first-order chi connectivity index (χ1) is 4.95. The normalized spacial score (nSPS) is 44.2. The average Bonchev–Trinajstić information content (AvgIpc) is 2.36. The highest BCUT2D eigenvalue weighted by atomic mass is 16.5. The Bertz CT molecular complexity index is 189. The lowest BCUT2D eigenvalue weighted by atomic mass is 9.90. The van der Waals surface area contributed by atoms with Crippen LogP contribution in [-0.4, -0.2) is 6.10 Å². The second-order valence-electron chi connectivity index (χ2n) is 3.46. The second-order valence-corrected chi connectivity index (χ2v) is 3.46. The van der Waals surface area contributed by atoms with Gasteiger partial charge < -0.3 is 4.74 Å². The smallest absolute Gasteiger partial charge is 0.108 e. The van der Waals surface area contributed by atoms with E-state index in [9.17, 15) is 0 Å². The van der Waals surface area contributed by atoms with Crippen LogP contribution in [0.15, 0.2) is 11.6 Å². The van der Waals surface area contributed by atoms with Crippen LogP contribution in [0.5, 0.6) is 0 Å². The summed E-state index contributed by atoms with van der Waals surface area (Å²) in [4.78, 5) is 0. The first-order valence-electron chi connectivity index (χ1n) is 4.17. The van der Waals surface area contributed by atoms with Crippen LogP contribution in [0.1, 0.15) is 25.7 Å². The van der Waals surface area contributed by atoms with Crippen LogP contribution in [0.25, 0.3) is 0 Å². The first-order valence-corrected chi connectivity index (χ1v) is 4.17. The molecule has 2 bridgehead atoms. The van der Waals surface area contributed by atoms with Crippen molar-refractivity contribution in [2.24, 2.45) is 5.92 Å². The Morgan fingerprint density at radius 2 is 2.40 bits per heavy atom. The molecule has 2 aliphatic carbocycles. The third-order valence-electron chi connectivity index (χ3n) is 2.92. The Balaban J connectivity index is 2.00. The lowest BCUT2D eigenvalue weighted by Gasteiger charge is -2.23. The molecule has 2 saturated heterocycles. The standard InChI is InChI=1S/C9H11O/c1-2-4-7-6(3-1)8-5-9(7)10-8/h3,7-8H,1-2,4-5H2. The zero-order valence-corrected chi connectivity index (χ0v) is 5.97. The van der Waals surface area contributed by atoms with Crippen molar-refractivity contribution in [3.8, 4) is 0 Å². The zero-order valence-electron chi connectivity index (χ0n) is 5.97. The number of rotatable bonds is 0. The van der Waals surface area contributed by atoms with Crippen LogP contribution in [0, 0.1) is 12.0 Å². The summed E-state index contributed by atoms with van der Waals surface area (Å²) in [6.07, 6.45) is 9.58. The Kier molecular flexibility index (Phi) is 0.883. The van der Waals surface area contributed by atoms with E-state index in [1.54, 1.807) is 5.57 Å². The third-order valence-corrected chi connectivity index (χ3v) is 2.92. The van der Waals surface area contributed by atoms with E-state index in [2.05, 4.69) is 6.08 Å². The lowest BCUT2D eigenvalue weighted by Crippen LogP contribution is -2.20. The van der Waals surface area contributed by atoms with Gasteiger partial charge in [-0.05, 0) is 24.8 Å². The quantitative estimate of drug-likeness (QED) is 0.462. The van der Waals surface area contributed by atoms with Crippen LogP contribution < -0.4 is 0 Å². The Morgan fingerprint density at radius 3 is 3.20 bits per heavy atom. The molecule has 0 aromatic rings. The van der Waals surface area contributed by atoms with Gasteiger partial charge in [0, 0.05) is 12.3 Å². The van der Waals surface area contributed by atoms with Crippen molar-refractivity contribution in [3.63, 3.8) is 0 Å². The van der Waals surface area contributed by atoms with E-state index < -0.39 is 0 Å². The number of hydrogen-bond acceptors (Lipinski definition) is 1. The van der Waals surface area contributed by atoms with Crippen molar-refractivity contribution >= 4 is 0 Å². The minimum Gasteiger partial charge on any atom is -0.364 e. The van der Waals surface area contributed by atoms with Gasteiger partial charge in [-0.3, -0.25) is 0 Å². The fourth-order valence-electron chi connectivity index (χ4n) is 2.37. The summed E-state index contributed by atoms with van der Waals surface area (Å²) in [5, 5.41) is 0. The maximum Gasteiger partial charge on any atom is 0.108 e. The molecule has 1 radical (unpaired) electrons. The van der Waals surface area contributed by atoms with Gasteiger partial charge in [-0.2, -0.15) is 0 Å². The van der Waals surface area contributed by atoms with Crippen molar-refractivity contribution < 1.29 is 4.74 Å². The van der Waals surface area contributed by atoms with E-state index in [1.807, 2.05) is 0 Å². The van der Waals surface area contributed by atoms with Crippen molar-refractivity contribution in [2.75, 3.05) is 0 Å². The minimum absolute atomic E-state index is 0.528. The molecule has 4 rings (SSSR count). The number of ether oxygens (including phenoxy) is 1. The molecule has 1 heteroatoms. The second kappa shape index (κ2) is 1.65. The molecule has 0 amide bonds. The highest BCUT2D eigenvalue weighted by Gasteiger charge is 2.50. The predicted octanol–water partition coefficient (Wildman–Crippen LogP) is 2.05. The van der Waals surface area contributed by atoms with E-state index in [0.29, 0.717) is 6.10 Å². The van der Waals surface area contributed by atoms with Crippen LogP contribution in [-0.2, 0) is 4.74 Å². The fourth-order valence-corrected chi connectivity index (χ4v) is 2.37. The molecule has 4 aliphatic rings. The van der Waals surface area contributed by atoms with Gasteiger partial charge in [0.2, 0.25) is 0 Å². The summed E-state index contributed by atoms with van der Waals surface area (Å²) in [6, 6.07) is 0. The molecule has 3 fully saturated rings. The van der Waals surface area contributed by atoms with Crippen LogP contribution >= 0.6 is 0 Å². The van der Waals surface area contributed by atoms with E-state index in [4.69, 9.17) is 4.74 Å². The highest BCUT2D eigenvalue weighted by Crippen LogP contribution is 2.54. The van der Waals surface area contributed by atoms with Gasteiger partial charge in [-0.1, -0.05) is 6.08 Å². The summed E-state index contributed by atoms with van der Waals surface area (Å²) in [6.45, 7) is 0. The molecule has 2 heterocycles. The van der Waals surface area contributed by atoms with Crippen molar-refractivity contribution in [2.45, 2.75) is 31.8 Å². The van der Waals surface area contributed by atoms with E-state index in [1.165, 1.54) is 31.8 Å². The molecule has 53 valence electrons. The van der Waals surface area contributed by atoms with E-state index in [0.717, 1.165) is 5.92 Å². The van der Waals surface area contributed by atoms with Crippen molar-refractivity contribution in [3.05, 3.63) is 17.8 Å². The lowest BCUT2D eigenvalue weighted by molar-refractivity contribution is 0.0137. The molecular formula is C9H11O. The van der Waals surface area contributed by atoms with Gasteiger partial charge in [-0.15, -0.1) is 0 Å². The van der Waals surface area contributed by atoms with Crippen molar-refractivity contribution in [1.82, 2.24) is 0 Å². The van der Waals surface area contributed by atoms with Gasteiger partial charge in [-0.25, -0.2) is 0 Å². The van der Waals surface area contributed by atoms with Crippen LogP contribution in [0.2, 0.25) is 0 Å². The minimum atomic E-state index is 0.528. The summed E-state index contributed by atoms with van der Waals surface area (Å²) in [5.41, 5.74) is 1.61. The third kappa shape index (κ3) is 0.485. The van der Waals surface area contributed by atoms with Gasteiger partial charge in [0.25, 0.3) is 0 Å². The van der Waals surface area contributed by atoms with Crippen LogP contribution in [0.4, 0.5) is 0 Å². The largest absolute Gasteiger partial charge is 0.364 e. The first kappa shape index (κ1) is 5.36. The maximum absolute atomic E-state index is 5.55. The summed E-state index contributed by atoms with van der Waals surface area (Å²) < 4.78 is 5.55. The van der Waals surface area contributed by atoms with Crippen molar-refractivity contribution in [1.29, 1.82) is 0 Å². The Labute approximate surface area is 61.1 Å². The molecule has 2 aliphatic heterocycles. The van der Waals surface area contributed by atoms with Gasteiger partial charge >= 0.3 is 0 Å². The topological polar surface area (TPSA) is 9.23 Å². The Morgan fingerprint density at radius 1 is 1.50 bits per heavy atom. The van der Waals surface area contributed by atoms with E-state index >= 15 is 0 Å². The maximum atomic E-state index is 5.55. The molecule has 2 atom stereocenters. The monoisotopic (exact) mass is 135 g/mol. The Hall–Kier alpha value is -0.300. The fraction of sp³-hybridized carbons (Fsp3) is 0.667. The molecule has 10 heavy (non-hydrogen) atoms. The van der Waals surface area contributed by atoms with Gasteiger partial charge in [0.05, 0.1) is 6.10 Å². The molecule has 0 N–H and O–H groups in total. The predicted molar refractivity (Wildman–Crippen MR) is 38.2 cm³/mol. The van der Waals surface area contributed by atoms with Crippen LogP contribution in [0.3, 0.4) is 0 Å². The number of hydrogen-bond donors (Lipinski definition) is 0. The molecule has 2 unspecified atom stereocenters. The molecule has 1 saturated carbocycles. The SMILES string of the molecule is C1=C2C3C[C](O3)C2CCC1. The van der Waals surface area contributed by atoms with Gasteiger partial charge in [0.1, 0.15) is 6.10 Å². The molecule has 1 nitrogen and oxygen atoms in total. The summed E-state index contributed by atoms with van der Waals surface area (Å²) in [7, 11) is 0. The van der Waals surface area contributed by atoms with E-state index in [-0.39, 0.29) is 0 Å². The summed E-state index contributed by atoms with van der Waals surface area (Å²) >= 11 is 0. The molecule has 0 aromatic heterocycles. The summed E-state index contributed by atoms with van der Waals surface area (Å²) in [5.74, 6) is 0.763. The highest BCUT2D eigenvalue weighted by molar-refractivity contribution is 5.34. The van der Waals surface area contributed by atoms with Gasteiger partial charge in [0.15, 0.2) is 0 Å².